The fraction of sp³-hybridized carbons (Fsp3) is 0.231. The van der Waals surface area contributed by atoms with Gasteiger partial charge in [0.05, 0.1) is 0 Å². The highest BCUT2D eigenvalue weighted by Crippen LogP contribution is 2.13. The number of hydrogen-bond donors (Lipinski definition) is 1. The number of hydrogen-bond acceptors (Lipinski definition) is 4. The molecule has 0 aliphatic rings. The predicted octanol–water partition coefficient (Wildman–Crippen LogP) is 2.92. The van der Waals surface area contributed by atoms with Crippen molar-refractivity contribution in [2.75, 3.05) is 24.3 Å². The number of halogens is 1. The van der Waals surface area contributed by atoms with Crippen molar-refractivity contribution in [2.45, 2.75) is 6.54 Å². The number of benzene rings is 1. The van der Waals surface area contributed by atoms with Crippen molar-refractivity contribution in [3.8, 4) is 0 Å². The Hall–Kier alpha value is -1.62. The molecule has 18 heavy (non-hydrogen) atoms. The van der Waals surface area contributed by atoms with Crippen LogP contribution >= 0.6 is 15.9 Å². The first kappa shape index (κ1) is 12.8. The van der Waals surface area contributed by atoms with Crippen LogP contribution in [0.5, 0.6) is 0 Å². The molecule has 1 N–H and O–H groups in total. The van der Waals surface area contributed by atoms with E-state index in [1.54, 1.807) is 6.20 Å². The SMILES string of the molecule is CN(C)c1nccc(NCc2ccc(Br)cc2)n1. The van der Waals surface area contributed by atoms with Gasteiger partial charge in [-0.25, -0.2) is 4.98 Å². The van der Waals surface area contributed by atoms with Gasteiger partial charge in [0.2, 0.25) is 5.95 Å². The molecule has 0 aliphatic carbocycles. The molecule has 0 fully saturated rings. The van der Waals surface area contributed by atoms with E-state index in [-0.39, 0.29) is 0 Å². The Morgan fingerprint density at radius 1 is 1.17 bits per heavy atom. The lowest BCUT2D eigenvalue weighted by Crippen LogP contribution is -2.13. The lowest BCUT2D eigenvalue weighted by atomic mass is 10.2. The Bertz CT molecular complexity index is 511. The minimum absolute atomic E-state index is 0.704. The van der Waals surface area contributed by atoms with Gasteiger partial charge in [0.1, 0.15) is 5.82 Å². The fourth-order valence-electron chi connectivity index (χ4n) is 1.46. The van der Waals surface area contributed by atoms with Gasteiger partial charge < -0.3 is 10.2 Å². The summed E-state index contributed by atoms with van der Waals surface area (Å²) < 4.78 is 1.09. The summed E-state index contributed by atoms with van der Waals surface area (Å²) in [6.07, 6.45) is 1.76. The highest BCUT2D eigenvalue weighted by Gasteiger charge is 2.00. The van der Waals surface area contributed by atoms with E-state index in [0.717, 1.165) is 16.8 Å². The zero-order valence-electron chi connectivity index (χ0n) is 10.4. The highest BCUT2D eigenvalue weighted by molar-refractivity contribution is 9.10. The van der Waals surface area contributed by atoms with Crippen molar-refractivity contribution >= 4 is 27.7 Å². The van der Waals surface area contributed by atoms with Gasteiger partial charge in [-0.05, 0) is 23.8 Å². The summed E-state index contributed by atoms with van der Waals surface area (Å²) >= 11 is 3.42. The molecule has 1 heterocycles. The van der Waals surface area contributed by atoms with Crippen LogP contribution in [0.2, 0.25) is 0 Å². The quantitative estimate of drug-likeness (QED) is 0.943. The summed E-state index contributed by atoms with van der Waals surface area (Å²) in [7, 11) is 3.85. The van der Waals surface area contributed by atoms with Crippen LogP contribution in [0.1, 0.15) is 5.56 Å². The van der Waals surface area contributed by atoms with Crippen molar-refractivity contribution in [3.63, 3.8) is 0 Å². The first-order chi connectivity index (χ1) is 8.65. The first-order valence-corrected chi connectivity index (χ1v) is 6.43. The molecule has 0 aliphatic heterocycles. The molecule has 0 saturated carbocycles. The largest absolute Gasteiger partial charge is 0.366 e. The third-order valence-corrected chi connectivity index (χ3v) is 2.96. The lowest BCUT2D eigenvalue weighted by molar-refractivity contribution is 0.987. The number of nitrogens with zero attached hydrogens (tertiary/aromatic N) is 3. The zero-order chi connectivity index (χ0) is 13.0. The van der Waals surface area contributed by atoms with Gasteiger partial charge in [-0.3, -0.25) is 0 Å². The monoisotopic (exact) mass is 306 g/mol. The summed E-state index contributed by atoms with van der Waals surface area (Å²) in [6.45, 7) is 0.747. The lowest BCUT2D eigenvalue weighted by Gasteiger charge is -2.11. The van der Waals surface area contributed by atoms with Gasteiger partial charge in [0.15, 0.2) is 0 Å². The molecule has 2 rings (SSSR count). The second kappa shape index (κ2) is 5.82. The zero-order valence-corrected chi connectivity index (χ0v) is 12.0. The molecule has 0 atom stereocenters. The summed E-state index contributed by atoms with van der Waals surface area (Å²) in [5, 5.41) is 3.28. The Kier molecular flexibility index (Phi) is 4.15. The fourth-order valence-corrected chi connectivity index (χ4v) is 1.72. The molecule has 4 nitrogen and oxygen atoms in total. The van der Waals surface area contributed by atoms with Gasteiger partial charge >= 0.3 is 0 Å². The second-order valence-electron chi connectivity index (χ2n) is 4.12. The van der Waals surface area contributed by atoms with Crippen molar-refractivity contribution in [2.24, 2.45) is 0 Å². The smallest absolute Gasteiger partial charge is 0.226 e. The molecule has 94 valence electrons. The molecule has 5 heteroatoms. The maximum absolute atomic E-state index is 4.40. The number of anilines is 2. The Balaban J connectivity index is 2.01. The van der Waals surface area contributed by atoms with Gasteiger partial charge in [0.25, 0.3) is 0 Å². The van der Waals surface area contributed by atoms with Crippen LogP contribution in [0, 0.1) is 0 Å². The molecule has 1 aromatic carbocycles. The van der Waals surface area contributed by atoms with E-state index in [1.165, 1.54) is 5.56 Å². The minimum Gasteiger partial charge on any atom is -0.366 e. The average molecular weight is 307 g/mol. The van der Waals surface area contributed by atoms with E-state index < -0.39 is 0 Å². The number of rotatable bonds is 4. The molecular formula is C13H15BrN4. The molecule has 1 aromatic heterocycles. The van der Waals surface area contributed by atoms with Gasteiger partial charge in [-0.2, -0.15) is 4.98 Å². The Labute approximate surface area is 115 Å². The van der Waals surface area contributed by atoms with E-state index >= 15 is 0 Å². The number of nitrogens with one attached hydrogen (secondary N) is 1. The predicted molar refractivity (Wildman–Crippen MR) is 77.8 cm³/mol. The van der Waals surface area contributed by atoms with E-state index in [9.17, 15) is 0 Å². The van der Waals surface area contributed by atoms with Gasteiger partial charge in [-0.1, -0.05) is 28.1 Å². The summed E-state index contributed by atoms with van der Waals surface area (Å²) in [5.74, 6) is 1.53. The maximum atomic E-state index is 4.40. The summed E-state index contributed by atoms with van der Waals surface area (Å²) in [5.41, 5.74) is 1.21. The Morgan fingerprint density at radius 3 is 2.56 bits per heavy atom. The molecular weight excluding hydrogens is 292 g/mol. The van der Waals surface area contributed by atoms with E-state index in [2.05, 4.69) is 43.3 Å². The van der Waals surface area contributed by atoms with E-state index in [0.29, 0.717) is 5.95 Å². The molecule has 0 saturated heterocycles. The van der Waals surface area contributed by atoms with E-state index in [1.807, 2.05) is 37.2 Å². The maximum Gasteiger partial charge on any atom is 0.226 e. The second-order valence-corrected chi connectivity index (χ2v) is 5.03. The van der Waals surface area contributed by atoms with Crippen LogP contribution in [0.3, 0.4) is 0 Å². The van der Waals surface area contributed by atoms with Crippen molar-refractivity contribution in [1.29, 1.82) is 0 Å². The van der Waals surface area contributed by atoms with Crippen molar-refractivity contribution in [1.82, 2.24) is 9.97 Å². The number of aromatic nitrogens is 2. The average Bonchev–Trinajstić information content (AvgIpc) is 2.38. The van der Waals surface area contributed by atoms with Gasteiger partial charge in [0, 0.05) is 31.3 Å². The van der Waals surface area contributed by atoms with Crippen LogP contribution in [0.15, 0.2) is 41.0 Å². The Morgan fingerprint density at radius 2 is 1.89 bits per heavy atom. The molecule has 0 spiro atoms. The molecule has 0 bridgehead atoms. The van der Waals surface area contributed by atoms with Crippen LogP contribution in [0.25, 0.3) is 0 Å². The van der Waals surface area contributed by atoms with Crippen molar-refractivity contribution < 1.29 is 0 Å². The molecule has 0 unspecified atom stereocenters. The molecule has 2 aromatic rings. The molecule has 0 amide bonds. The van der Waals surface area contributed by atoms with Gasteiger partial charge in [-0.15, -0.1) is 0 Å². The molecule has 0 radical (unpaired) electrons. The first-order valence-electron chi connectivity index (χ1n) is 5.64. The van der Waals surface area contributed by atoms with E-state index in [4.69, 9.17) is 0 Å². The van der Waals surface area contributed by atoms with Crippen LogP contribution in [-0.4, -0.2) is 24.1 Å². The van der Waals surface area contributed by atoms with Crippen LogP contribution < -0.4 is 10.2 Å². The normalized spacial score (nSPS) is 10.2. The third-order valence-electron chi connectivity index (χ3n) is 2.43. The topological polar surface area (TPSA) is 41.1 Å². The third kappa shape index (κ3) is 3.43. The van der Waals surface area contributed by atoms with Crippen LogP contribution in [-0.2, 0) is 6.54 Å². The highest BCUT2D eigenvalue weighted by atomic mass is 79.9. The standard InChI is InChI=1S/C13H15BrN4/c1-18(2)13-15-8-7-12(17-13)16-9-10-3-5-11(14)6-4-10/h3-8H,9H2,1-2H3,(H,15,16,17). The summed E-state index contributed by atoms with van der Waals surface area (Å²) in [4.78, 5) is 10.5. The van der Waals surface area contributed by atoms with Crippen LogP contribution in [0.4, 0.5) is 11.8 Å². The van der Waals surface area contributed by atoms with Crippen molar-refractivity contribution in [3.05, 3.63) is 46.6 Å². The summed E-state index contributed by atoms with van der Waals surface area (Å²) in [6, 6.07) is 10.1. The minimum atomic E-state index is 0.704.